The van der Waals surface area contributed by atoms with Gasteiger partial charge in [0.05, 0.1) is 6.26 Å². The molecule has 1 fully saturated rings. The first kappa shape index (κ1) is 34.2. The van der Waals surface area contributed by atoms with Crippen LogP contribution in [0.5, 0.6) is 5.75 Å². The van der Waals surface area contributed by atoms with Gasteiger partial charge in [0, 0.05) is 17.9 Å². The number of rotatable bonds is 11. The lowest BCUT2D eigenvalue weighted by Crippen LogP contribution is -2.45. The Morgan fingerprint density at radius 2 is 1.88 bits per heavy atom. The van der Waals surface area contributed by atoms with E-state index in [-0.39, 0.29) is 22.0 Å². The van der Waals surface area contributed by atoms with Gasteiger partial charge in [-0.05, 0) is 87.5 Å². The van der Waals surface area contributed by atoms with Crippen molar-refractivity contribution in [2.75, 3.05) is 6.54 Å². The molecule has 224 valence electrons. The lowest BCUT2D eigenvalue weighted by atomic mass is 9.77. The van der Waals surface area contributed by atoms with E-state index in [1.165, 1.54) is 24.0 Å². The highest BCUT2D eigenvalue weighted by Crippen LogP contribution is 2.49. The van der Waals surface area contributed by atoms with Gasteiger partial charge in [-0.15, -0.1) is 0 Å². The van der Waals surface area contributed by atoms with Crippen molar-refractivity contribution in [3.63, 3.8) is 0 Å². The van der Waals surface area contributed by atoms with E-state index in [0.29, 0.717) is 19.3 Å². The van der Waals surface area contributed by atoms with Crippen LogP contribution in [-0.4, -0.2) is 28.3 Å². The molecule has 1 aliphatic carbocycles. The maximum absolute atomic E-state index is 13.4. The number of unbranched alkanes of at least 4 members (excludes halogenated alkanes) is 1. The molecule has 3 N–H and O–H groups in total. The first-order valence-corrected chi connectivity index (χ1v) is 16.0. The molecule has 1 aromatic carbocycles. The quantitative estimate of drug-likeness (QED) is 0.0586. The van der Waals surface area contributed by atoms with Crippen LogP contribution in [-0.2, 0) is 14.9 Å². The highest BCUT2D eigenvalue weighted by Gasteiger charge is 2.48. The summed E-state index contributed by atoms with van der Waals surface area (Å²) in [6, 6.07) is 4.06. The standard InChI is InChI=1S/C28H41NO5S2.C4H8/c1-6-29-36-34-23-17-21(27(3,4)5)24(16-19(23)2)35-25-22(31)18-28(33-26(25)32,14-10-7-11-15-30)20-12-8-9-13-20;1-3-4-2/h11,15-17,20,29-31H,6-10,12-14,18H2,1-5H3;3-4H,1-2H3/b15-11+;4-3-. The van der Waals surface area contributed by atoms with E-state index in [0.717, 1.165) is 66.7 Å². The van der Waals surface area contributed by atoms with Gasteiger partial charge in [0.25, 0.3) is 0 Å². The smallest absolute Gasteiger partial charge is 0.349 e. The summed E-state index contributed by atoms with van der Waals surface area (Å²) in [6.45, 7) is 15.2. The fraction of sp³-hybridized carbons (Fsp3) is 0.594. The van der Waals surface area contributed by atoms with Crippen molar-refractivity contribution in [3.05, 3.63) is 58.4 Å². The van der Waals surface area contributed by atoms with E-state index < -0.39 is 11.6 Å². The zero-order chi connectivity index (χ0) is 29.8. The second-order valence-electron chi connectivity index (χ2n) is 11.5. The molecule has 0 bridgehead atoms. The number of hydrogen-bond acceptors (Lipinski definition) is 8. The van der Waals surface area contributed by atoms with Crippen molar-refractivity contribution in [1.29, 1.82) is 0 Å². The summed E-state index contributed by atoms with van der Waals surface area (Å²) >= 11 is 2.50. The van der Waals surface area contributed by atoms with Crippen molar-refractivity contribution in [3.8, 4) is 5.75 Å². The summed E-state index contributed by atoms with van der Waals surface area (Å²) in [5, 5.41) is 20.2. The Kier molecular flexibility index (Phi) is 14.0. The van der Waals surface area contributed by atoms with Gasteiger partial charge in [-0.1, -0.05) is 70.5 Å². The molecular weight excluding hydrogens is 542 g/mol. The van der Waals surface area contributed by atoms with Crippen LogP contribution in [0.4, 0.5) is 0 Å². The summed E-state index contributed by atoms with van der Waals surface area (Å²) in [6.07, 6.45) is 13.6. The van der Waals surface area contributed by atoms with E-state index in [9.17, 15) is 9.90 Å². The Bertz CT molecular complexity index is 1050. The summed E-state index contributed by atoms with van der Waals surface area (Å²) in [4.78, 5) is 14.6. The van der Waals surface area contributed by atoms with Gasteiger partial charge in [0.15, 0.2) is 0 Å². The van der Waals surface area contributed by atoms with E-state index in [2.05, 4.69) is 25.5 Å². The number of allylic oxidation sites excluding steroid dienone is 3. The number of aliphatic hydroxyl groups excluding tert-OH is 2. The SMILES string of the molecule is C/C=C\C.CCNSOc1cc(C(C)(C)C)c(SC2=C(O)CC(CCC/C=C/O)(C3CCCC3)OC2=O)cc1C. The van der Waals surface area contributed by atoms with E-state index in [4.69, 9.17) is 14.0 Å². The van der Waals surface area contributed by atoms with Gasteiger partial charge in [-0.25, -0.2) is 9.52 Å². The first-order chi connectivity index (χ1) is 19.0. The summed E-state index contributed by atoms with van der Waals surface area (Å²) < 4.78 is 15.2. The molecule has 1 heterocycles. The molecule has 1 saturated carbocycles. The number of hydrogen-bond donors (Lipinski definition) is 3. The molecule has 0 aromatic heterocycles. The van der Waals surface area contributed by atoms with Crippen LogP contribution in [0.1, 0.15) is 104 Å². The van der Waals surface area contributed by atoms with Crippen LogP contribution in [0.15, 0.2) is 52.2 Å². The number of carbonyl (C=O) groups is 1. The predicted molar refractivity (Wildman–Crippen MR) is 169 cm³/mol. The lowest BCUT2D eigenvalue weighted by Gasteiger charge is -2.41. The van der Waals surface area contributed by atoms with Gasteiger partial charge < -0.3 is 19.1 Å². The van der Waals surface area contributed by atoms with Crippen molar-refractivity contribution in [1.82, 2.24) is 4.72 Å². The molecule has 1 atom stereocenters. The van der Waals surface area contributed by atoms with Crippen LogP contribution < -0.4 is 8.91 Å². The number of cyclic esters (lactones) is 1. The Labute approximate surface area is 250 Å². The number of thioether (sulfide) groups is 1. The van der Waals surface area contributed by atoms with E-state index >= 15 is 0 Å². The molecule has 0 radical (unpaired) electrons. The Morgan fingerprint density at radius 3 is 2.42 bits per heavy atom. The number of aliphatic hydroxyl groups is 2. The maximum Gasteiger partial charge on any atom is 0.349 e. The van der Waals surface area contributed by atoms with Crippen LogP contribution in [0.3, 0.4) is 0 Å². The number of aryl methyl sites for hydroxylation is 1. The normalized spacial score (nSPS) is 20.2. The average Bonchev–Trinajstić information content (AvgIpc) is 3.45. The highest BCUT2D eigenvalue weighted by atomic mass is 32.2. The van der Waals surface area contributed by atoms with E-state index in [1.807, 2.05) is 52.0 Å². The zero-order valence-electron chi connectivity index (χ0n) is 25.3. The van der Waals surface area contributed by atoms with Gasteiger partial charge >= 0.3 is 5.97 Å². The number of ether oxygens (including phenoxy) is 1. The fourth-order valence-electron chi connectivity index (χ4n) is 5.13. The number of nitrogens with one attached hydrogen (secondary N) is 1. The molecule has 1 aromatic rings. The molecule has 0 spiro atoms. The summed E-state index contributed by atoms with van der Waals surface area (Å²) in [7, 11) is 0. The Hall–Kier alpha value is -2.03. The van der Waals surface area contributed by atoms with Crippen molar-refractivity contribution in [2.45, 2.75) is 116 Å². The Balaban J connectivity index is 0.00000131. The third-order valence-corrected chi connectivity index (χ3v) is 9.18. The largest absolute Gasteiger partial charge is 0.516 e. The summed E-state index contributed by atoms with van der Waals surface area (Å²) in [5.74, 6) is 0.721. The molecule has 0 saturated heterocycles. The molecule has 3 rings (SSSR count). The minimum Gasteiger partial charge on any atom is -0.516 e. The summed E-state index contributed by atoms with van der Waals surface area (Å²) in [5.41, 5.74) is 1.13. The minimum absolute atomic E-state index is 0.126. The Morgan fingerprint density at radius 1 is 1.20 bits per heavy atom. The van der Waals surface area contributed by atoms with Gasteiger partial charge in [-0.3, -0.25) is 0 Å². The molecule has 2 aliphatic rings. The van der Waals surface area contributed by atoms with Crippen LogP contribution >= 0.6 is 24.0 Å². The molecule has 40 heavy (non-hydrogen) atoms. The zero-order valence-corrected chi connectivity index (χ0v) is 27.0. The molecule has 8 heteroatoms. The number of carbonyl (C=O) groups excluding carboxylic acids is 1. The van der Waals surface area contributed by atoms with Gasteiger partial charge in [-0.2, -0.15) is 0 Å². The molecular formula is C32H49NO5S2. The van der Waals surface area contributed by atoms with Gasteiger partial charge in [0.2, 0.25) is 0 Å². The van der Waals surface area contributed by atoms with Crippen LogP contribution in [0, 0.1) is 12.8 Å². The fourth-order valence-corrected chi connectivity index (χ4v) is 6.82. The number of benzene rings is 1. The second-order valence-corrected chi connectivity index (χ2v) is 13.1. The van der Waals surface area contributed by atoms with Crippen molar-refractivity contribution in [2.24, 2.45) is 5.92 Å². The minimum atomic E-state index is -0.672. The predicted octanol–water partition coefficient (Wildman–Crippen LogP) is 9.41. The number of esters is 1. The first-order valence-electron chi connectivity index (χ1n) is 14.4. The molecule has 1 aliphatic heterocycles. The molecule has 0 amide bonds. The third-order valence-electron chi connectivity index (χ3n) is 7.35. The highest BCUT2D eigenvalue weighted by molar-refractivity contribution is 8.04. The molecule has 6 nitrogen and oxygen atoms in total. The second kappa shape index (κ2) is 16.4. The monoisotopic (exact) mass is 591 g/mol. The van der Waals surface area contributed by atoms with Crippen LogP contribution in [0.2, 0.25) is 0 Å². The maximum atomic E-state index is 13.4. The topological polar surface area (TPSA) is 88.0 Å². The molecule has 1 unspecified atom stereocenters. The van der Waals surface area contributed by atoms with Gasteiger partial charge in [0.1, 0.15) is 34.2 Å². The third kappa shape index (κ3) is 9.52. The van der Waals surface area contributed by atoms with Crippen LogP contribution in [0.25, 0.3) is 0 Å². The van der Waals surface area contributed by atoms with E-state index in [1.54, 1.807) is 6.08 Å². The van der Waals surface area contributed by atoms with Crippen molar-refractivity contribution >= 4 is 30.0 Å². The van der Waals surface area contributed by atoms with Crippen molar-refractivity contribution < 1.29 is 23.9 Å². The lowest BCUT2D eigenvalue weighted by molar-refractivity contribution is -0.166. The average molecular weight is 592 g/mol.